The van der Waals surface area contributed by atoms with Gasteiger partial charge in [-0.15, -0.1) is 0 Å². The number of benzene rings is 1. The molecular formula is C11H18N2O4S. The number of methoxy groups -OCH3 is 2. The van der Waals surface area contributed by atoms with Crippen LogP contribution in [0, 0.1) is 0 Å². The van der Waals surface area contributed by atoms with Gasteiger partial charge < -0.3 is 15.2 Å². The van der Waals surface area contributed by atoms with Gasteiger partial charge in [-0.25, -0.2) is 13.1 Å². The summed E-state index contributed by atoms with van der Waals surface area (Å²) in [5.41, 5.74) is 5.31. The van der Waals surface area contributed by atoms with Crippen molar-refractivity contribution in [2.75, 3.05) is 27.3 Å². The summed E-state index contributed by atoms with van der Waals surface area (Å²) in [5.74, 6) is 0.859. The lowest BCUT2D eigenvalue weighted by Crippen LogP contribution is -2.26. The molecule has 0 fully saturated rings. The number of hydrogen-bond donors (Lipinski definition) is 2. The second kappa shape index (κ2) is 6.58. The average molecular weight is 274 g/mol. The minimum absolute atomic E-state index is 0.136. The molecule has 0 aliphatic heterocycles. The van der Waals surface area contributed by atoms with Gasteiger partial charge in [0.15, 0.2) is 11.5 Å². The van der Waals surface area contributed by atoms with Crippen LogP contribution in [0.2, 0.25) is 0 Å². The largest absolute Gasteiger partial charge is 0.493 e. The summed E-state index contributed by atoms with van der Waals surface area (Å²) in [5, 5.41) is 0. The standard InChI is InChI=1S/C11H18N2O4S/c1-16-10-5-4-9(8-11(10)17-2)18(14,15)13-7-3-6-12/h4-5,8,13H,3,6-7,12H2,1-2H3. The lowest BCUT2D eigenvalue weighted by Gasteiger charge is -2.10. The number of nitrogens with one attached hydrogen (secondary N) is 1. The lowest BCUT2D eigenvalue weighted by atomic mass is 10.3. The fourth-order valence-electron chi connectivity index (χ4n) is 1.38. The summed E-state index contributed by atoms with van der Waals surface area (Å²) in [6.07, 6.45) is 0.590. The number of ether oxygens (including phenoxy) is 2. The molecule has 0 saturated carbocycles. The highest BCUT2D eigenvalue weighted by molar-refractivity contribution is 7.89. The number of nitrogens with two attached hydrogens (primary N) is 1. The van der Waals surface area contributed by atoms with E-state index in [-0.39, 0.29) is 4.90 Å². The minimum atomic E-state index is -3.53. The van der Waals surface area contributed by atoms with Crippen LogP contribution in [0.5, 0.6) is 11.5 Å². The van der Waals surface area contributed by atoms with Crippen LogP contribution >= 0.6 is 0 Å². The van der Waals surface area contributed by atoms with Crippen LogP contribution in [0.15, 0.2) is 23.1 Å². The molecule has 0 saturated heterocycles. The normalized spacial score (nSPS) is 11.3. The Balaban J connectivity index is 2.95. The summed E-state index contributed by atoms with van der Waals surface area (Å²) in [7, 11) is -0.585. The highest BCUT2D eigenvalue weighted by atomic mass is 32.2. The van der Waals surface area contributed by atoms with Gasteiger partial charge in [0.05, 0.1) is 19.1 Å². The van der Waals surface area contributed by atoms with Crippen molar-refractivity contribution in [3.8, 4) is 11.5 Å². The van der Waals surface area contributed by atoms with E-state index in [0.717, 1.165) is 0 Å². The molecule has 0 bridgehead atoms. The van der Waals surface area contributed by atoms with Gasteiger partial charge in [-0.3, -0.25) is 0 Å². The van der Waals surface area contributed by atoms with Crippen molar-refractivity contribution in [1.29, 1.82) is 0 Å². The van der Waals surface area contributed by atoms with Gasteiger partial charge >= 0.3 is 0 Å². The molecule has 6 nitrogen and oxygen atoms in total. The molecule has 0 aliphatic rings. The monoisotopic (exact) mass is 274 g/mol. The smallest absolute Gasteiger partial charge is 0.240 e. The maximum atomic E-state index is 11.9. The predicted octanol–water partition coefficient (Wildman–Crippen LogP) is 0.331. The van der Waals surface area contributed by atoms with Gasteiger partial charge in [0.25, 0.3) is 0 Å². The van der Waals surface area contributed by atoms with Crippen molar-refractivity contribution in [2.45, 2.75) is 11.3 Å². The first kappa shape index (κ1) is 14.7. The Labute approximate surface area is 107 Å². The van der Waals surface area contributed by atoms with Gasteiger partial charge in [0.1, 0.15) is 0 Å². The topological polar surface area (TPSA) is 90.7 Å². The Bertz CT molecular complexity index is 488. The quantitative estimate of drug-likeness (QED) is 0.699. The summed E-state index contributed by atoms with van der Waals surface area (Å²) >= 11 is 0. The van der Waals surface area contributed by atoms with Gasteiger partial charge in [0.2, 0.25) is 10.0 Å². The summed E-state index contributed by atoms with van der Waals surface area (Å²) in [4.78, 5) is 0.136. The Morgan fingerprint density at radius 3 is 2.44 bits per heavy atom. The van der Waals surface area contributed by atoms with Gasteiger partial charge in [0, 0.05) is 12.6 Å². The lowest BCUT2D eigenvalue weighted by molar-refractivity contribution is 0.354. The molecule has 0 aromatic heterocycles. The van der Waals surface area contributed by atoms with Crippen LogP contribution in [0.1, 0.15) is 6.42 Å². The Kier molecular flexibility index (Phi) is 5.39. The fourth-order valence-corrected chi connectivity index (χ4v) is 2.46. The third-order valence-corrected chi connectivity index (χ3v) is 3.80. The van der Waals surface area contributed by atoms with E-state index in [1.165, 1.54) is 26.4 Å². The van der Waals surface area contributed by atoms with Gasteiger partial charge in [-0.2, -0.15) is 0 Å². The maximum absolute atomic E-state index is 11.9. The zero-order valence-corrected chi connectivity index (χ0v) is 11.3. The first-order valence-corrected chi connectivity index (χ1v) is 6.95. The fraction of sp³-hybridized carbons (Fsp3) is 0.455. The van der Waals surface area contributed by atoms with Crippen molar-refractivity contribution in [3.05, 3.63) is 18.2 Å². The number of hydrogen-bond acceptors (Lipinski definition) is 5. The molecule has 1 aromatic carbocycles. The number of rotatable bonds is 7. The molecule has 0 atom stereocenters. The van der Waals surface area contributed by atoms with Crippen LogP contribution in [0.25, 0.3) is 0 Å². The second-order valence-electron chi connectivity index (χ2n) is 3.56. The van der Waals surface area contributed by atoms with Crippen LogP contribution in [-0.4, -0.2) is 35.7 Å². The maximum Gasteiger partial charge on any atom is 0.240 e. The molecule has 7 heteroatoms. The zero-order chi connectivity index (χ0) is 13.6. The molecule has 3 N–H and O–H groups in total. The number of sulfonamides is 1. The van der Waals surface area contributed by atoms with Crippen molar-refractivity contribution in [1.82, 2.24) is 4.72 Å². The minimum Gasteiger partial charge on any atom is -0.493 e. The van der Waals surface area contributed by atoms with E-state index in [9.17, 15) is 8.42 Å². The molecule has 102 valence electrons. The van der Waals surface area contributed by atoms with E-state index in [2.05, 4.69) is 4.72 Å². The summed E-state index contributed by atoms with van der Waals surface area (Å²) < 4.78 is 36.4. The Morgan fingerprint density at radius 2 is 1.89 bits per heavy atom. The second-order valence-corrected chi connectivity index (χ2v) is 5.32. The third-order valence-electron chi connectivity index (χ3n) is 2.34. The van der Waals surface area contributed by atoms with Crippen molar-refractivity contribution in [3.63, 3.8) is 0 Å². The highest BCUT2D eigenvalue weighted by Gasteiger charge is 2.16. The van der Waals surface area contributed by atoms with E-state index >= 15 is 0 Å². The van der Waals surface area contributed by atoms with E-state index in [4.69, 9.17) is 15.2 Å². The van der Waals surface area contributed by atoms with Crippen molar-refractivity contribution < 1.29 is 17.9 Å². The summed E-state index contributed by atoms with van der Waals surface area (Å²) in [6, 6.07) is 4.44. The molecule has 18 heavy (non-hydrogen) atoms. The molecule has 1 rings (SSSR count). The van der Waals surface area contributed by atoms with E-state index < -0.39 is 10.0 Å². The third kappa shape index (κ3) is 3.59. The van der Waals surface area contributed by atoms with Crippen LogP contribution in [-0.2, 0) is 10.0 Å². The molecule has 0 heterocycles. The van der Waals surface area contributed by atoms with Crippen molar-refractivity contribution >= 4 is 10.0 Å². The molecule has 0 spiro atoms. The Hall–Kier alpha value is -1.31. The molecule has 0 unspecified atom stereocenters. The molecule has 1 aromatic rings. The molecule has 0 aliphatic carbocycles. The van der Waals surface area contributed by atoms with E-state index in [1.54, 1.807) is 6.07 Å². The van der Waals surface area contributed by atoms with Crippen LogP contribution in [0.4, 0.5) is 0 Å². The van der Waals surface area contributed by atoms with Gasteiger partial charge in [-0.05, 0) is 25.1 Å². The first-order chi connectivity index (χ1) is 8.55. The molecular weight excluding hydrogens is 256 g/mol. The highest BCUT2D eigenvalue weighted by Crippen LogP contribution is 2.29. The molecule has 0 amide bonds. The van der Waals surface area contributed by atoms with Crippen LogP contribution < -0.4 is 19.9 Å². The first-order valence-electron chi connectivity index (χ1n) is 5.47. The molecule has 0 radical (unpaired) electrons. The SMILES string of the molecule is COc1ccc(S(=O)(=O)NCCCN)cc1OC. The predicted molar refractivity (Wildman–Crippen MR) is 68.4 cm³/mol. The van der Waals surface area contributed by atoms with E-state index in [1.807, 2.05) is 0 Å². The average Bonchev–Trinajstić information content (AvgIpc) is 2.38. The van der Waals surface area contributed by atoms with E-state index in [0.29, 0.717) is 31.0 Å². The Morgan fingerprint density at radius 1 is 1.22 bits per heavy atom. The van der Waals surface area contributed by atoms with Crippen LogP contribution in [0.3, 0.4) is 0 Å². The van der Waals surface area contributed by atoms with Gasteiger partial charge in [-0.1, -0.05) is 0 Å². The van der Waals surface area contributed by atoms with Crippen molar-refractivity contribution in [2.24, 2.45) is 5.73 Å². The zero-order valence-electron chi connectivity index (χ0n) is 10.5. The summed E-state index contributed by atoms with van der Waals surface area (Å²) in [6.45, 7) is 0.752.